The summed E-state index contributed by atoms with van der Waals surface area (Å²) in [7, 11) is -18.0. The van der Waals surface area contributed by atoms with E-state index in [1.807, 2.05) is 18.2 Å². The van der Waals surface area contributed by atoms with Crippen LogP contribution in [-0.4, -0.2) is 27.2 Å². The summed E-state index contributed by atoms with van der Waals surface area (Å²) >= 11 is 0. The number of halogens is 12. The fraction of sp³-hybridized carbons (Fsp3) is 0.143. The van der Waals surface area contributed by atoms with E-state index in [4.69, 9.17) is 0 Å². The monoisotopic (exact) mass is 411 g/mol. The van der Waals surface area contributed by atoms with Gasteiger partial charge in [-0.25, -0.2) is 0 Å². The molecule has 24 heavy (non-hydrogen) atoms. The Morgan fingerprint density at radius 3 is 0.833 bits per heavy atom. The van der Waals surface area contributed by atoms with E-state index >= 15 is 0 Å². The van der Waals surface area contributed by atoms with E-state index in [1.165, 1.54) is 5.56 Å². The second-order valence-electron chi connectivity index (χ2n) is 3.14. The molecule has 0 aliphatic carbocycles. The number of benzene rings is 1. The third kappa shape index (κ3) is 149. The molecule has 0 unspecified atom stereocenters. The van der Waals surface area contributed by atoms with E-state index in [9.17, 15) is 51.8 Å². The molecule has 1 aromatic rings. The van der Waals surface area contributed by atoms with Crippen LogP contribution in [0.1, 0.15) is 6.99 Å². The third-order valence-corrected chi connectivity index (χ3v) is 0.940. The van der Waals surface area contributed by atoms with Crippen molar-refractivity contribution in [2.75, 3.05) is 0 Å². The molecule has 1 aromatic carbocycles. The third-order valence-electron chi connectivity index (χ3n) is 0.940. The number of aryl methyl sites for hydroxylation is 1. The van der Waals surface area contributed by atoms with Crippen molar-refractivity contribution in [1.29, 1.82) is 0 Å². The first kappa shape index (κ1) is 35.3. The van der Waals surface area contributed by atoms with Crippen molar-refractivity contribution in [3.8, 4) is 0 Å². The van der Waals surface area contributed by atoms with Crippen molar-refractivity contribution in [3.63, 3.8) is 0 Å². The number of hydrogen-bond donors (Lipinski definition) is 0. The van der Waals surface area contributed by atoms with Gasteiger partial charge >= 0.3 is 73.1 Å². The van der Waals surface area contributed by atoms with Gasteiger partial charge in [0.15, 0.2) is 0 Å². The summed E-state index contributed by atoms with van der Waals surface area (Å²) in [5.74, 6) is 0. The molecule has 0 saturated carbocycles. The van der Waals surface area contributed by atoms with Crippen LogP contribution in [0.15, 0.2) is 30.3 Å². The molecule has 0 aliphatic heterocycles. The first-order chi connectivity index (χ1) is 9.39. The molecule has 0 bridgehead atoms. The van der Waals surface area contributed by atoms with Crippen LogP contribution in [0.3, 0.4) is 0 Å². The maximum Gasteiger partial charge on any atom is 1.00 e. The topological polar surface area (TPSA) is 31.5 Å². The SMILES string of the molecule is Cc1ccccc1.F[B-](F)(F)F.F[B-](F)(F)F.F[B-](F)(F)F.O.[H-].[K+]. The molecule has 0 aromatic heterocycles. The van der Waals surface area contributed by atoms with E-state index in [0.717, 1.165) is 0 Å². The molecule has 142 valence electrons. The average Bonchev–Trinajstić information content (AvgIpc) is 2.09. The minimum Gasteiger partial charge on any atom is -1.00 e. The Morgan fingerprint density at radius 2 is 0.750 bits per heavy atom. The minimum atomic E-state index is -6.00. The van der Waals surface area contributed by atoms with Crippen molar-refractivity contribution in [3.05, 3.63) is 35.9 Å². The van der Waals surface area contributed by atoms with Crippen molar-refractivity contribution in [2.24, 2.45) is 0 Å². The minimum absolute atomic E-state index is 0. The standard InChI is InChI=1S/C7H8.3BF4.K.H2O.H/c1-7-5-3-2-4-6-7;3*2-1(3,4)5;;;/h2-6H,1H3;;;;;1H2;/q;3*-1;+1;;-1. The molecule has 0 radical (unpaired) electrons. The van der Waals surface area contributed by atoms with Crippen LogP contribution < -0.4 is 51.4 Å². The molecule has 2 N–H and O–H groups in total. The zero-order valence-corrected chi connectivity index (χ0v) is 15.3. The van der Waals surface area contributed by atoms with E-state index in [1.54, 1.807) is 0 Å². The van der Waals surface area contributed by atoms with Gasteiger partial charge in [0, 0.05) is 0 Å². The predicted octanol–water partition coefficient (Wildman–Crippen LogP) is 2.19. The van der Waals surface area contributed by atoms with Crippen LogP contribution in [0, 0.1) is 6.92 Å². The van der Waals surface area contributed by atoms with Crippen LogP contribution in [0.4, 0.5) is 51.8 Å². The molecule has 0 spiro atoms. The van der Waals surface area contributed by atoms with Crippen molar-refractivity contribution >= 4 is 21.8 Å². The van der Waals surface area contributed by atoms with Gasteiger partial charge in [0.25, 0.3) is 0 Å². The Labute approximate surface area is 173 Å². The quantitative estimate of drug-likeness (QED) is 0.464. The van der Waals surface area contributed by atoms with Gasteiger partial charge in [-0.2, -0.15) is 0 Å². The van der Waals surface area contributed by atoms with Crippen LogP contribution in [-0.2, 0) is 0 Å². The maximum absolute atomic E-state index is 9.75. The van der Waals surface area contributed by atoms with E-state index in [-0.39, 0.29) is 58.3 Å². The summed E-state index contributed by atoms with van der Waals surface area (Å²) in [6, 6.07) is 10.3. The molecule has 0 amide bonds. The molecule has 0 atom stereocenters. The molecule has 1 rings (SSSR count). The van der Waals surface area contributed by atoms with Crippen LogP contribution >= 0.6 is 0 Å². The molecule has 17 heteroatoms. The molecule has 0 saturated heterocycles. The average molecular weight is 411 g/mol. The van der Waals surface area contributed by atoms with Gasteiger partial charge in [0.1, 0.15) is 0 Å². The summed E-state index contributed by atoms with van der Waals surface area (Å²) in [6.45, 7) is 2.08. The fourth-order valence-electron chi connectivity index (χ4n) is 0.534. The van der Waals surface area contributed by atoms with E-state index in [0.29, 0.717) is 0 Å². The van der Waals surface area contributed by atoms with Gasteiger partial charge in [-0.15, -0.1) is 0 Å². The van der Waals surface area contributed by atoms with Crippen LogP contribution in [0.25, 0.3) is 0 Å². The van der Waals surface area contributed by atoms with Gasteiger partial charge < -0.3 is 58.7 Å². The number of hydrogen-bond acceptors (Lipinski definition) is 0. The summed E-state index contributed by atoms with van der Waals surface area (Å²) in [5.41, 5.74) is 1.32. The van der Waals surface area contributed by atoms with Crippen LogP contribution in [0.2, 0.25) is 0 Å². The van der Waals surface area contributed by atoms with Gasteiger partial charge in [0.2, 0.25) is 0 Å². The second-order valence-corrected chi connectivity index (χ2v) is 3.14. The molecule has 1 nitrogen and oxygen atoms in total. The van der Waals surface area contributed by atoms with Crippen molar-refractivity contribution in [1.82, 2.24) is 0 Å². The first-order valence-corrected chi connectivity index (χ1v) is 5.03. The molecular weight excluding hydrogens is 400 g/mol. The fourth-order valence-corrected chi connectivity index (χ4v) is 0.534. The number of rotatable bonds is 0. The Kier molecular flexibility index (Phi) is 24.5. The Morgan fingerprint density at radius 1 is 0.583 bits per heavy atom. The summed E-state index contributed by atoms with van der Waals surface area (Å²) < 4.78 is 117. The summed E-state index contributed by atoms with van der Waals surface area (Å²) in [4.78, 5) is 0. The Hall–Kier alpha value is 0.171. The second kappa shape index (κ2) is 16.6. The maximum atomic E-state index is 9.75. The Balaban J connectivity index is -0.0000000470. The normalized spacial score (nSPS) is 10.0. The van der Waals surface area contributed by atoms with Gasteiger partial charge in [-0.1, -0.05) is 35.9 Å². The van der Waals surface area contributed by atoms with Crippen LogP contribution in [0.5, 0.6) is 0 Å². The summed E-state index contributed by atoms with van der Waals surface area (Å²) in [6.07, 6.45) is 0. The first-order valence-electron chi connectivity index (χ1n) is 5.03. The van der Waals surface area contributed by atoms with Gasteiger partial charge in [-0.3, -0.25) is 0 Å². The molecular formula is C7H11B3F12KO-3. The molecule has 0 heterocycles. The van der Waals surface area contributed by atoms with Gasteiger partial charge in [0.05, 0.1) is 0 Å². The molecule has 0 aliphatic rings. The van der Waals surface area contributed by atoms with E-state index < -0.39 is 21.8 Å². The van der Waals surface area contributed by atoms with E-state index in [2.05, 4.69) is 19.1 Å². The van der Waals surface area contributed by atoms with Crippen molar-refractivity contribution < 1.29 is 110 Å². The van der Waals surface area contributed by atoms with Gasteiger partial charge in [-0.05, 0) is 6.92 Å². The zero-order valence-electron chi connectivity index (χ0n) is 13.2. The smallest absolute Gasteiger partial charge is 1.00 e. The predicted molar refractivity (Wildman–Crippen MR) is 66.5 cm³/mol. The largest absolute Gasteiger partial charge is 1.00 e. The van der Waals surface area contributed by atoms with Crippen molar-refractivity contribution in [2.45, 2.75) is 6.92 Å². The molecule has 0 fully saturated rings. The Bertz CT molecular complexity index is 327. The summed E-state index contributed by atoms with van der Waals surface area (Å²) in [5, 5.41) is 0. The zero-order chi connectivity index (χ0) is 18.6.